The van der Waals surface area contributed by atoms with Crippen molar-refractivity contribution in [3.8, 4) is 0 Å². The first-order valence-corrected chi connectivity index (χ1v) is 7.94. The zero-order chi connectivity index (χ0) is 17.4. The third-order valence-electron chi connectivity index (χ3n) is 3.65. The molecule has 2 rings (SSSR count). The predicted octanol–water partition coefficient (Wildman–Crippen LogP) is -0.788. The number of nitrogens with zero attached hydrogens (tertiary/aromatic N) is 4. The zero-order valence-electron chi connectivity index (χ0n) is 13.5. The molecule has 0 saturated carbocycles. The summed E-state index contributed by atoms with van der Waals surface area (Å²) in [5, 5.41) is 37.5. The molecular weight excluding hydrogens is 312 g/mol. The lowest BCUT2D eigenvalue weighted by Crippen LogP contribution is -2.31. The lowest BCUT2D eigenvalue weighted by molar-refractivity contribution is 0.280. The minimum Gasteiger partial charge on any atom is -0.395 e. The summed E-state index contributed by atoms with van der Waals surface area (Å²) in [5.41, 5.74) is 0.534. The van der Waals surface area contributed by atoms with Crippen LogP contribution < -0.4 is 9.80 Å². The Labute approximate surface area is 140 Å². The van der Waals surface area contributed by atoms with Crippen LogP contribution in [0.2, 0.25) is 0 Å². The van der Waals surface area contributed by atoms with E-state index in [4.69, 9.17) is 20.4 Å². The van der Waals surface area contributed by atoms with E-state index >= 15 is 0 Å². The van der Waals surface area contributed by atoms with Crippen molar-refractivity contribution < 1.29 is 20.4 Å². The molecular formula is C16H24N4O4. The topological polar surface area (TPSA) is 113 Å². The highest BCUT2D eigenvalue weighted by atomic mass is 16.3. The van der Waals surface area contributed by atoms with E-state index in [9.17, 15) is 0 Å². The van der Waals surface area contributed by atoms with E-state index in [0.29, 0.717) is 43.5 Å². The second-order valence-electron chi connectivity index (χ2n) is 5.25. The van der Waals surface area contributed by atoms with E-state index < -0.39 is 0 Å². The largest absolute Gasteiger partial charge is 0.395 e. The SMILES string of the molecule is OCCN(CCO)c1ccc2ccc(N(CCO)CCO)nc2n1. The molecule has 0 aliphatic rings. The monoisotopic (exact) mass is 336 g/mol. The average Bonchev–Trinajstić information content (AvgIpc) is 2.60. The fraction of sp³-hybridized carbons (Fsp3) is 0.500. The van der Waals surface area contributed by atoms with Crippen molar-refractivity contribution in [1.29, 1.82) is 0 Å². The summed E-state index contributed by atoms with van der Waals surface area (Å²) >= 11 is 0. The quantitative estimate of drug-likeness (QED) is 0.447. The number of rotatable bonds is 10. The van der Waals surface area contributed by atoms with Crippen LogP contribution in [0.25, 0.3) is 11.0 Å². The maximum atomic E-state index is 9.15. The second-order valence-corrected chi connectivity index (χ2v) is 5.25. The van der Waals surface area contributed by atoms with Crippen LogP contribution in [0.5, 0.6) is 0 Å². The van der Waals surface area contributed by atoms with Crippen molar-refractivity contribution in [3.05, 3.63) is 24.3 Å². The van der Waals surface area contributed by atoms with Crippen molar-refractivity contribution in [3.63, 3.8) is 0 Å². The van der Waals surface area contributed by atoms with Crippen LogP contribution >= 0.6 is 0 Å². The molecule has 4 N–H and O–H groups in total. The molecule has 2 aromatic heterocycles. The Bertz CT molecular complexity index is 578. The highest BCUT2D eigenvalue weighted by Gasteiger charge is 2.11. The lowest BCUT2D eigenvalue weighted by Gasteiger charge is -2.23. The molecule has 0 amide bonds. The van der Waals surface area contributed by atoms with Gasteiger partial charge >= 0.3 is 0 Å². The predicted molar refractivity (Wildman–Crippen MR) is 92.3 cm³/mol. The molecule has 8 nitrogen and oxygen atoms in total. The normalized spacial score (nSPS) is 11.0. The Kier molecular flexibility index (Phi) is 7.13. The van der Waals surface area contributed by atoms with Crippen LogP contribution in [0, 0.1) is 0 Å². The standard InChI is InChI=1S/C16H24N4O4/c21-9-5-19(6-10-22)14-3-1-13-2-4-15(18-16(13)17-14)20(7-11-23)8-12-24/h1-4,21-24H,5-12H2. The molecule has 0 spiro atoms. The first-order chi connectivity index (χ1) is 11.7. The van der Waals surface area contributed by atoms with E-state index in [-0.39, 0.29) is 26.4 Å². The van der Waals surface area contributed by atoms with Gasteiger partial charge in [-0.1, -0.05) is 0 Å². The Morgan fingerprint density at radius 3 is 1.33 bits per heavy atom. The van der Waals surface area contributed by atoms with Gasteiger partial charge in [0.05, 0.1) is 26.4 Å². The summed E-state index contributed by atoms with van der Waals surface area (Å²) in [6.45, 7) is 1.36. The number of pyridine rings is 2. The van der Waals surface area contributed by atoms with Crippen molar-refractivity contribution in [1.82, 2.24) is 9.97 Å². The number of aromatic nitrogens is 2. The molecule has 0 fully saturated rings. The summed E-state index contributed by atoms with van der Waals surface area (Å²) < 4.78 is 0. The Morgan fingerprint density at radius 2 is 1.00 bits per heavy atom. The Morgan fingerprint density at radius 1 is 0.625 bits per heavy atom. The van der Waals surface area contributed by atoms with Gasteiger partial charge in [0, 0.05) is 31.6 Å². The van der Waals surface area contributed by atoms with Gasteiger partial charge in [-0.15, -0.1) is 0 Å². The van der Waals surface area contributed by atoms with Crippen LogP contribution in [-0.2, 0) is 0 Å². The van der Waals surface area contributed by atoms with E-state index in [2.05, 4.69) is 9.97 Å². The Hall–Kier alpha value is -2.00. The van der Waals surface area contributed by atoms with Gasteiger partial charge in [0.1, 0.15) is 11.6 Å². The maximum absolute atomic E-state index is 9.15. The third-order valence-corrected chi connectivity index (χ3v) is 3.65. The first-order valence-electron chi connectivity index (χ1n) is 7.94. The van der Waals surface area contributed by atoms with Gasteiger partial charge in [-0.05, 0) is 24.3 Å². The molecule has 0 radical (unpaired) electrons. The molecule has 0 aromatic carbocycles. The third kappa shape index (κ3) is 4.51. The summed E-state index contributed by atoms with van der Waals surface area (Å²) in [5.74, 6) is 1.26. The molecule has 0 bridgehead atoms. The number of anilines is 2. The second kappa shape index (κ2) is 9.33. The summed E-state index contributed by atoms with van der Waals surface area (Å²) in [7, 11) is 0. The molecule has 0 aliphatic carbocycles. The van der Waals surface area contributed by atoms with Crippen molar-refractivity contribution >= 4 is 22.7 Å². The fourth-order valence-corrected chi connectivity index (χ4v) is 2.50. The molecule has 0 saturated heterocycles. The first kappa shape index (κ1) is 18.3. The van der Waals surface area contributed by atoms with E-state index in [1.807, 2.05) is 24.3 Å². The number of aliphatic hydroxyl groups is 4. The molecule has 132 valence electrons. The van der Waals surface area contributed by atoms with Crippen molar-refractivity contribution in [2.24, 2.45) is 0 Å². The van der Waals surface area contributed by atoms with Gasteiger partial charge in [0.25, 0.3) is 0 Å². The van der Waals surface area contributed by atoms with Crippen LogP contribution in [0.3, 0.4) is 0 Å². The van der Waals surface area contributed by atoms with Crippen LogP contribution in [0.15, 0.2) is 24.3 Å². The smallest absolute Gasteiger partial charge is 0.163 e. The molecule has 2 aromatic rings. The molecule has 0 unspecified atom stereocenters. The number of fused-ring (bicyclic) bond motifs is 1. The molecule has 2 heterocycles. The van der Waals surface area contributed by atoms with Crippen LogP contribution in [-0.4, -0.2) is 83.0 Å². The van der Waals surface area contributed by atoms with E-state index in [1.165, 1.54) is 0 Å². The van der Waals surface area contributed by atoms with Gasteiger partial charge in [0.15, 0.2) is 5.65 Å². The maximum Gasteiger partial charge on any atom is 0.163 e. The van der Waals surface area contributed by atoms with Gasteiger partial charge in [-0.3, -0.25) is 0 Å². The van der Waals surface area contributed by atoms with Crippen LogP contribution in [0.1, 0.15) is 0 Å². The Balaban J connectivity index is 2.35. The fourth-order valence-electron chi connectivity index (χ4n) is 2.50. The highest BCUT2D eigenvalue weighted by molar-refractivity contribution is 5.78. The zero-order valence-corrected chi connectivity index (χ0v) is 13.5. The van der Waals surface area contributed by atoms with Gasteiger partial charge in [-0.2, -0.15) is 0 Å². The van der Waals surface area contributed by atoms with Crippen LogP contribution in [0.4, 0.5) is 11.6 Å². The van der Waals surface area contributed by atoms with Gasteiger partial charge in [0.2, 0.25) is 0 Å². The molecule has 0 atom stereocenters. The molecule has 8 heteroatoms. The van der Waals surface area contributed by atoms with Crippen molar-refractivity contribution in [2.75, 3.05) is 62.4 Å². The highest BCUT2D eigenvalue weighted by Crippen LogP contribution is 2.20. The lowest BCUT2D eigenvalue weighted by atomic mass is 10.2. The van der Waals surface area contributed by atoms with E-state index in [1.54, 1.807) is 9.80 Å². The average molecular weight is 336 g/mol. The summed E-state index contributed by atoms with van der Waals surface area (Å²) in [4.78, 5) is 12.6. The van der Waals surface area contributed by atoms with Gasteiger partial charge in [-0.25, -0.2) is 9.97 Å². The molecule has 24 heavy (non-hydrogen) atoms. The summed E-state index contributed by atoms with van der Waals surface area (Å²) in [6, 6.07) is 7.43. The molecule has 0 aliphatic heterocycles. The number of hydrogen-bond acceptors (Lipinski definition) is 8. The van der Waals surface area contributed by atoms with Gasteiger partial charge < -0.3 is 30.2 Å². The minimum atomic E-state index is -0.0338. The van der Waals surface area contributed by atoms with Crippen molar-refractivity contribution in [2.45, 2.75) is 0 Å². The summed E-state index contributed by atoms with van der Waals surface area (Å²) in [6.07, 6.45) is 0. The van der Waals surface area contributed by atoms with E-state index in [0.717, 1.165) is 5.39 Å². The minimum absolute atomic E-state index is 0.0338. The number of aliphatic hydroxyl groups excluding tert-OH is 4. The number of hydrogen-bond donors (Lipinski definition) is 4.